The Morgan fingerprint density at radius 3 is 2.26 bits per heavy atom. The van der Waals surface area contributed by atoms with E-state index in [9.17, 15) is 4.79 Å². The van der Waals surface area contributed by atoms with Gasteiger partial charge in [0.1, 0.15) is 5.75 Å². The standard InChI is InChI=1S/C20H25NO2/c1-23-19-9-5-14(6-10-19)11-20(22)21-17-7-8-18(21)13-16(12-17)15-3-2-4-15/h5-6,9-10,17-18H,2-4,7-8,11-13H2,1H3. The first-order chi connectivity index (χ1) is 11.2. The van der Waals surface area contributed by atoms with Crippen molar-refractivity contribution in [1.29, 1.82) is 0 Å². The maximum atomic E-state index is 12.8. The van der Waals surface area contributed by atoms with E-state index in [2.05, 4.69) is 4.90 Å². The fourth-order valence-electron chi connectivity index (χ4n) is 4.43. The van der Waals surface area contributed by atoms with E-state index in [1.54, 1.807) is 18.3 Å². The van der Waals surface area contributed by atoms with E-state index >= 15 is 0 Å². The van der Waals surface area contributed by atoms with E-state index < -0.39 is 0 Å². The number of rotatable bonds is 3. The topological polar surface area (TPSA) is 29.5 Å². The van der Waals surface area contributed by atoms with Gasteiger partial charge in [-0.1, -0.05) is 23.3 Å². The van der Waals surface area contributed by atoms with Crippen LogP contribution in [0.2, 0.25) is 0 Å². The average Bonchev–Trinajstić information content (AvgIpc) is 2.78. The summed E-state index contributed by atoms with van der Waals surface area (Å²) in [5, 5.41) is 0. The maximum absolute atomic E-state index is 12.8. The zero-order chi connectivity index (χ0) is 15.8. The minimum atomic E-state index is 0.306. The van der Waals surface area contributed by atoms with Crippen LogP contribution in [0.5, 0.6) is 5.75 Å². The molecule has 0 radical (unpaired) electrons. The molecule has 2 heterocycles. The highest BCUT2D eigenvalue weighted by Crippen LogP contribution is 2.43. The maximum Gasteiger partial charge on any atom is 0.227 e. The number of nitrogens with zero attached hydrogens (tertiary/aromatic N) is 1. The summed E-state index contributed by atoms with van der Waals surface area (Å²) in [7, 11) is 1.67. The molecule has 2 unspecified atom stereocenters. The minimum Gasteiger partial charge on any atom is -0.497 e. The molecule has 2 atom stereocenters. The van der Waals surface area contributed by atoms with Crippen LogP contribution in [0.1, 0.15) is 50.5 Å². The molecule has 4 rings (SSSR count). The number of methoxy groups -OCH3 is 1. The van der Waals surface area contributed by atoms with Gasteiger partial charge in [0, 0.05) is 12.1 Å². The van der Waals surface area contributed by atoms with Gasteiger partial charge in [0.15, 0.2) is 0 Å². The average molecular weight is 311 g/mol. The number of benzene rings is 1. The van der Waals surface area contributed by atoms with Crippen molar-refractivity contribution in [2.24, 2.45) is 0 Å². The van der Waals surface area contributed by atoms with Crippen LogP contribution in [-0.4, -0.2) is 30.0 Å². The lowest BCUT2D eigenvalue weighted by Gasteiger charge is -2.38. The fourth-order valence-corrected chi connectivity index (χ4v) is 4.43. The second kappa shape index (κ2) is 6.03. The normalized spacial score (nSPS) is 26.2. The lowest BCUT2D eigenvalue weighted by molar-refractivity contribution is -0.134. The van der Waals surface area contributed by atoms with Crippen LogP contribution in [0.15, 0.2) is 35.4 Å². The molecule has 1 amide bonds. The van der Waals surface area contributed by atoms with Gasteiger partial charge in [-0.3, -0.25) is 4.79 Å². The zero-order valence-electron chi connectivity index (χ0n) is 13.9. The Bertz CT molecular complexity index is 610. The lowest BCUT2D eigenvalue weighted by atomic mass is 9.82. The minimum absolute atomic E-state index is 0.306. The highest BCUT2D eigenvalue weighted by atomic mass is 16.5. The fraction of sp³-hybridized carbons (Fsp3) is 0.550. The number of carbonyl (C=O) groups is 1. The van der Waals surface area contributed by atoms with Crippen LogP contribution >= 0.6 is 0 Å². The first-order valence-electron chi connectivity index (χ1n) is 8.88. The van der Waals surface area contributed by atoms with Gasteiger partial charge in [-0.05, 0) is 62.6 Å². The van der Waals surface area contributed by atoms with Crippen molar-refractivity contribution in [3.05, 3.63) is 41.0 Å². The van der Waals surface area contributed by atoms with Crippen LogP contribution in [0.4, 0.5) is 0 Å². The molecule has 0 spiro atoms. The van der Waals surface area contributed by atoms with Crippen molar-refractivity contribution in [3.63, 3.8) is 0 Å². The second-order valence-electron chi connectivity index (χ2n) is 7.18. The predicted octanol–water partition coefficient (Wildman–Crippen LogP) is 3.87. The summed E-state index contributed by atoms with van der Waals surface area (Å²) >= 11 is 0. The molecule has 3 aliphatic rings. The molecule has 1 saturated carbocycles. The van der Waals surface area contributed by atoms with Crippen molar-refractivity contribution in [2.45, 2.75) is 63.5 Å². The van der Waals surface area contributed by atoms with Crippen LogP contribution in [0.25, 0.3) is 0 Å². The lowest BCUT2D eigenvalue weighted by Crippen LogP contribution is -2.45. The monoisotopic (exact) mass is 311 g/mol. The summed E-state index contributed by atoms with van der Waals surface area (Å²) < 4.78 is 5.18. The number of amides is 1. The number of carbonyl (C=O) groups excluding carboxylic acids is 1. The van der Waals surface area contributed by atoms with Crippen molar-refractivity contribution in [3.8, 4) is 5.75 Å². The molecule has 2 saturated heterocycles. The molecular weight excluding hydrogens is 286 g/mol. The summed E-state index contributed by atoms with van der Waals surface area (Å²) in [5.74, 6) is 1.15. The molecule has 3 heteroatoms. The SMILES string of the molecule is COc1ccc(CC(=O)N2C3CCC2CC(=C2CCC2)C3)cc1. The van der Waals surface area contributed by atoms with Crippen molar-refractivity contribution < 1.29 is 9.53 Å². The van der Waals surface area contributed by atoms with Crippen LogP contribution in [0, 0.1) is 0 Å². The molecule has 2 bridgehead atoms. The van der Waals surface area contributed by atoms with E-state index in [4.69, 9.17) is 4.74 Å². The van der Waals surface area contributed by atoms with E-state index in [1.165, 1.54) is 32.1 Å². The molecular formula is C20H25NO2. The van der Waals surface area contributed by atoms with Gasteiger partial charge >= 0.3 is 0 Å². The van der Waals surface area contributed by atoms with E-state index in [-0.39, 0.29) is 0 Å². The molecule has 0 N–H and O–H groups in total. The number of hydrogen-bond donors (Lipinski definition) is 0. The van der Waals surface area contributed by atoms with E-state index in [1.807, 2.05) is 24.3 Å². The van der Waals surface area contributed by atoms with Gasteiger partial charge in [-0.15, -0.1) is 0 Å². The predicted molar refractivity (Wildman–Crippen MR) is 90.5 cm³/mol. The molecule has 23 heavy (non-hydrogen) atoms. The molecule has 3 nitrogen and oxygen atoms in total. The number of piperidine rings is 1. The third kappa shape index (κ3) is 2.77. The largest absolute Gasteiger partial charge is 0.497 e. The quantitative estimate of drug-likeness (QED) is 0.793. The summed E-state index contributed by atoms with van der Waals surface area (Å²) in [6.45, 7) is 0. The molecule has 1 aromatic rings. The summed E-state index contributed by atoms with van der Waals surface area (Å²) in [6.07, 6.45) is 9.17. The van der Waals surface area contributed by atoms with Crippen molar-refractivity contribution >= 4 is 5.91 Å². The Morgan fingerprint density at radius 2 is 1.74 bits per heavy atom. The second-order valence-corrected chi connectivity index (χ2v) is 7.18. The first kappa shape index (κ1) is 14.8. The Balaban J connectivity index is 1.44. The van der Waals surface area contributed by atoms with Crippen LogP contribution < -0.4 is 4.74 Å². The van der Waals surface area contributed by atoms with Gasteiger partial charge in [-0.2, -0.15) is 0 Å². The zero-order valence-corrected chi connectivity index (χ0v) is 13.9. The summed E-state index contributed by atoms with van der Waals surface area (Å²) in [5.41, 5.74) is 4.49. The molecule has 122 valence electrons. The molecule has 3 fully saturated rings. The Hall–Kier alpha value is -1.77. The van der Waals surface area contributed by atoms with E-state index in [0.717, 1.165) is 24.2 Å². The van der Waals surface area contributed by atoms with Gasteiger partial charge < -0.3 is 9.64 Å². The number of fused-ring (bicyclic) bond motifs is 2. The highest BCUT2D eigenvalue weighted by molar-refractivity contribution is 5.80. The molecule has 1 aliphatic carbocycles. The third-order valence-corrected chi connectivity index (χ3v) is 5.84. The Kier molecular flexibility index (Phi) is 3.88. The van der Waals surface area contributed by atoms with Gasteiger partial charge in [0.2, 0.25) is 5.91 Å². The highest BCUT2D eigenvalue weighted by Gasteiger charge is 2.41. The van der Waals surface area contributed by atoms with E-state index in [0.29, 0.717) is 24.4 Å². The van der Waals surface area contributed by atoms with Gasteiger partial charge in [0.25, 0.3) is 0 Å². The molecule has 1 aromatic carbocycles. The smallest absolute Gasteiger partial charge is 0.227 e. The van der Waals surface area contributed by atoms with Crippen LogP contribution in [0.3, 0.4) is 0 Å². The van der Waals surface area contributed by atoms with Crippen molar-refractivity contribution in [2.75, 3.05) is 7.11 Å². The van der Waals surface area contributed by atoms with Gasteiger partial charge in [0.05, 0.1) is 13.5 Å². The first-order valence-corrected chi connectivity index (χ1v) is 8.88. The Morgan fingerprint density at radius 1 is 1.09 bits per heavy atom. The van der Waals surface area contributed by atoms with Crippen molar-refractivity contribution in [1.82, 2.24) is 4.90 Å². The van der Waals surface area contributed by atoms with Crippen LogP contribution in [-0.2, 0) is 11.2 Å². The number of ether oxygens (including phenoxy) is 1. The van der Waals surface area contributed by atoms with Gasteiger partial charge in [-0.25, -0.2) is 0 Å². The number of hydrogen-bond acceptors (Lipinski definition) is 2. The number of allylic oxidation sites excluding steroid dienone is 1. The summed E-state index contributed by atoms with van der Waals surface area (Å²) in [6, 6.07) is 8.80. The molecule has 2 aliphatic heterocycles. The molecule has 0 aromatic heterocycles. The summed E-state index contributed by atoms with van der Waals surface area (Å²) in [4.78, 5) is 15.0. The third-order valence-electron chi connectivity index (χ3n) is 5.84. The Labute approximate surface area is 138 Å².